The minimum atomic E-state index is -3.93. The van der Waals surface area contributed by atoms with Crippen molar-refractivity contribution < 1.29 is 46.2 Å². The fourth-order valence-electron chi connectivity index (χ4n) is 7.96. The molecule has 3 saturated carbocycles. The van der Waals surface area contributed by atoms with Crippen molar-refractivity contribution >= 4 is 44.6 Å². The SMILES string of the molecule is C[C@@H]1CC/C=C\C2C[C@@]2(C(=O)NS(=O)(=O)C2CC2)NC(=O)[C@@H]2C[C@@H](Oc3ncc(OCC4CC4)c4ccc(F)cc34)CN2C(=O)[C@@H](NC(=O)OC(C)(C)C)[C@H](C)C1. The van der Waals surface area contributed by atoms with Crippen LogP contribution in [0.25, 0.3) is 10.8 Å². The van der Waals surface area contributed by atoms with Crippen molar-refractivity contribution in [3.05, 3.63) is 42.4 Å². The van der Waals surface area contributed by atoms with E-state index in [2.05, 4.69) is 27.3 Å². The molecule has 1 aromatic heterocycles. The zero-order chi connectivity index (χ0) is 40.9. The number of aromatic nitrogens is 1. The topological polar surface area (TPSA) is 182 Å². The lowest BCUT2D eigenvalue weighted by molar-refractivity contribution is -0.142. The third-order valence-electron chi connectivity index (χ3n) is 11.5. The Morgan fingerprint density at radius 3 is 2.53 bits per heavy atom. The Kier molecular flexibility index (Phi) is 11.2. The number of benzene rings is 1. The van der Waals surface area contributed by atoms with E-state index in [1.807, 2.05) is 19.1 Å². The summed E-state index contributed by atoms with van der Waals surface area (Å²) in [6.45, 7) is 9.49. The number of rotatable bonds is 9. The number of pyridine rings is 1. The average molecular weight is 812 g/mol. The predicted molar refractivity (Wildman–Crippen MR) is 208 cm³/mol. The van der Waals surface area contributed by atoms with E-state index in [4.69, 9.17) is 14.2 Å². The van der Waals surface area contributed by atoms with Crippen LogP contribution in [-0.4, -0.2) is 89.8 Å². The molecule has 4 amide bonds. The van der Waals surface area contributed by atoms with E-state index < -0.39 is 80.2 Å². The number of nitrogens with one attached hydrogen (secondary N) is 3. The quantitative estimate of drug-likeness (QED) is 0.295. The second-order valence-corrected chi connectivity index (χ2v) is 19.7. The zero-order valence-corrected chi connectivity index (χ0v) is 34.0. The number of ether oxygens (including phenoxy) is 3. The van der Waals surface area contributed by atoms with Crippen molar-refractivity contribution in [3.8, 4) is 11.6 Å². The highest BCUT2D eigenvalue weighted by molar-refractivity contribution is 7.91. The molecule has 3 aliphatic carbocycles. The molecular weight excluding hydrogens is 758 g/mol. The van der Waals surface area contributed by atoms with Crippen LogP contribution in [0, 0.1) is 29.5 Å². The molecule has 16 heteroatoms. The Bertz CT molecular complexity index is 2050. The first-order valence-corrected chi connectivity index (χ1v) is 21.7. The van der Waals surface area contributed by atoms with Crippen LogP contribution in [0.2, 0.25) is 0 Å². The van der Waals surface area contributed by atoms with Crippen molar-refractivity contribution in [3.63, 3.8) is 0 Å². The Hall–Kier alpha value is -4.47. The molecule has 3 N–H and O–H groups in total. The van der Waals surface area contributed by atoms with Gasteiger partial charge in [0.05, 0.1) is 30.0 Å². The van der Waals surface area contributed by atoms with Crippen LogP contribution < -0.4 is 24.8 Å². The van der Waals surface area contributed by atoms with Crippen LogP contribution in [0.4, 0.5) is 9.18 Å². The number of carbonyl (C=O) groups excluding carboxylic acids is 4. The van der Waals surface area contributed by atoms with Crippen molar-refractivity contribution in [2.45, 2.75) is 127 Å². The molecule has 1 aromatic carbocycles. The average Bonchev–Trinajstić information content (AvgIpc) is 4.02. The van der Waals surface area contributed by atoms with Gasteiger partial charge in [-0.1, -0.05) is 26.0 Å². The van der Waals surface area contributed by atoms with Gasteiger partial charge in [0.2, 0.25) is 27.7 Å². The summed E-state index contributed by atoms with van der Waals surface area (Å²) in [5.41, 5.74) is -2.40. The van der Waals surface area contributed by atoms with Gasteiger partial charge in [0, 0.05) is 17.7 Å². The normalized spacial score (nSPS) is 30.2. The minimum absolute atomic E-state index is 0.0431. The number of carbonyl (C=O) groups is 4. The van der Waals surface area contributed by atoms with Crippen LogP contribution in [0.15, 0.2) is 36.5 Å². The van der Waals surface area contributed by atoms with Gasteiger partial charge in [-0.15, -0.1) is 0 Å². The maximum atomic E-state index is 14.8. The molecule has 7 rings (SSSR count). The Balaban J connectivity index is 1.21. The van der Waals surface area contributed by atoms with Gasteiger partial charge in [-0.05, 0) is 108 Å². The molecule has 3 heterocycles. The predicted octanol–water partition coefficient (Wildman–Crippen LogP) is 4.90. The highest BCUT2D eigenvalue weighted by Crippen LogP contribution is 2.46. The van der Waals surface area contributed by atoms with Crippen molar-refractivity contribution in [1.29, 1.82) is 0 Å². The van der Waals surface area contributed by atoms with Gasteiger partial charge in [-0.2, -0.15) is 0 Å². The van der Waals surface area contributed by atoms with Crippen molar-refractivity contribution in [2.75, 3.05) is 13.2 Å². The van der Waals surface area contributed by atoms with E-state index >= 15 is 0 Å². The molecule has 0 radical (unpaired) electrons. The smallest absolute Gasteiger partial charge is 0.408 e. The number of alkyl carbamates (subject to hydrolysis) is 1. The summed E-state index contributed by atoms with van der Waals surface area (Å²) in [7, 11) is -3.93. The first-order valence-electron chi connectivity index (χ1n) is 20.1. The summed E-state index contributed by atoms with van der Waals surface area (Å²) in [5.74, 6) is -2.24. The highest BCUT2D eigenvalue weighted by Gasteiger charge is 2.62. The molecular formula is C41H54FN5O9S. The fraction of sp³-hybridized carbons (Fsp3) is 0.634. The second kappa shape index (κ2) is 15.7. The Labute approximate surface area is 333 Å². The van der Waals surface area contributed by atoms with E-state index in [1.165, 1.54) is 23.2 Å². The summed E-state index contributed by atoms with van der Waals surface area (Å²) in [4.78, 5) is 62.2. The number of amides is 4. The monoisotopic (exact) mass is 811 g/mol. The van der Waals surface area contributed by atoms with Crippen LogP contribution >= 0.6 is 0 Å². The number of halogens is 1. The molecule has 14 nitrogen and oxygen atoms in total. The number of nitrogens with zero attached hydrogens (tertiary/aromatic N) is 2. The van der Waals surface area contributed by atoms with E-state index in [1.54, 1.807) is 26.8 Å². The largest absolute Gasteiger partial charge is 0.491 e. The molecule has 5 aliphatic rings. The van der Waals surface area contributed by atoms with Gasteiger partial charge in [0.1, 0.15) is 40.9 Å². The Morgan fingerprint density at radius 1 is 1.07 bits per heavy atom. The molecule has 7 atom stereocenters. The lowest BCUT2D eigenvalue weighted by atomic mass is 9.88. The maximum Gasteiger partial charge on any atom is 0.408 e. The molecule has 0 spiro atoms. The van der Waals surface area contributed by atoms with E-state index in [-0.39, 0.29) is 37.1 Å². The molecule has 2 aromatic rings. The fourth-order valence-corrected chi connectivity index (χ4v) is 9.32. The third kappa shape index (κ3) is 9.47. The molecule has 2 aliphatic heterocycles. The first kappa shape index (κ1) is 40.7. The molecule has 4 fully saturated rings. The molecule has 1 saturated heterocycles. The van der Waals surface area contributed by atoms with Crippen LogP contribution in [0.1, 0.15) is 92.4 Å². The summed E-state index contributed by atoms with van der Waals surface area (Å²) in [6, 6.07) is 1.94. The summed E-state index contributed by atoms with van der Waals surface area (Å²) in [6.07, 6.45) is 8.87. The van der Waals surface area contributed by atoms with Gasteiger partial charge in [0.15, 0.2) is 0 Å². The summed E-state index contributed by atoms with van der Waals surface area (Å²) < 4.78 is 60.7. The van der Waals surface area contributed by atoms with Gasteiger partial charge in [-0.3, -0.25) is 19.1 Å². The molecule has 1 unspecified atom stereocenters. The lowest BCUT2D eigenvalue weighted by Crippen LogP contribution is -2.59. The number of hydrogen-bond acceptors (Lipinski definition) is 10. The van der Waals surface area contributed by atoms with Crippen molar-refractivity contribution in [2.24, 2.45) is 23.7 Å². The maximum absolute atomic E-state index is 14.8. The first-order chi connectivity index (χ1) is 26.9. The van der Waals surface area contributed by atoms with Crippen LogP contribution in [0.3, 0.4) is 0 Å². The van der Waals surface area contributed by atoms with Crippen LogP contribution in [-0.2, 0) is 29.1 Å². The number of fused-ring (bicyclic) bond motifs is 3. The lowest BCUT2D eigenvalue weighted by Gasteiger charge is -2.33. The molecule has 0 bridgehead atoms. The van der Waals surface area contributed by atoms with E-state index in [0.29, 0.717) is 54.7 Å². The Morgan fingerprint density at radius 2 is 1.82 bits per heavy atom. The van der Waals surface area contributed by atoms with E-state index in [0.717, 1.165) is 19.3 Å². The van der Waals surface area contributed by atoms with Gasteiger partial charge in [0.25, 0.3) is 5.91 Å². The van der Waals surface area contributed by atoms with Gasteiger partial charge < -0.3 is 29.7 Å². The van der Waals surface area contributed by atoms with E-state index in [9.17, 15) is 32.0 Å². The van der Waals surface area contributed by atoms with Gasteiger partial charge >= 0.3 is 6.09 Å². The number of sulfonamides is 1. The standard InChI is InChI=1S/C41H54FN5O9S/c1-23-8-6-7-9-26-19-41(26,38(50)46-57(52,53)29-13-14-29)45-35(48)32-18-28(21-47(32)37(49)34(24(2)16-23)44-39(51)56-40(3,4)5)55-36-31-17-27(42)12-15-30(31)33(20-43-36)54-22-25-10-11-25/h7,9,12,15,17,20,23-26,28-29,32,34H,6,8,10-11,13-14,16,18-19,21-22H2,1-5H3,(H,44,51)(H,45,48)(H,46,50)/b9-7-/t23-,24-,26?,28-,32+,34+,41-/m1/s1. The van der Waals surface area contributed by atoms with Crippen LogP contribution in [0.5, 0.6) is 11.6 Å². The number of hydrogen-bond donors (Lipinski definition) is 3. The van der Waals surface area contributed by atoms with Crippen molar-refractivity contribution in [1.82, 2.24) is 25.2 Å². The second-order valence-electron chi connectivity index (χ2n) is 17.7. The summed E-state index contributed by atoms with van der Waals surface area (Å²) >= 11 is 0. The molecule has 310 valence electrons. The zero-order valence-electron chi connectivity index (χ0n) is 33.2. The number of allylic oxidation sites excluding steroid dienone is 1. The third-order valence-corrected chi connectivity index (χ3v) is 13.3. The minimum Gasteiger partial charge on any atom is -0.491 e. The van der Waals surface area contributed by atoms with Gasteiger partial charge in [-0.25, -0.2) is 22.6 Å². The summed E-state index contributed by atoms with van der Waals surface area (Å²) in [5, 5.41) is 5.95. The molecule has 57 heavy (non-hydrogen) atoms. The highest BCUT2D eigenvalue weighted by atomic mass is 32.2.